The summed E-state index contributed by atoms with van der Waals surface area (Å²) in [6, 6.07) is 1.76. The van der Waals surface area contributed by atoms with Crippen LogP contribution in [-0.2, 0) is 6.42 Å². The molecule has 1 aromatic rings. The molecular formula is C11H18N2O. The van der Waals surface area contributed by atoms with Crippen molar-refractivity contribution in [2.75, 3.05) is 5.73 Å². The summed E-state index contributed by atoms with van der Waals surface area (Å²) in [6.45, 7) is 5.81. The zero-order valence-electron chi connectivity index (χ0n) is 8.99. The van der Waals surface area contributed by atoms with E-state index < -0.39 is 5.60 Å². The van der Waals surface area contributed by atoms with Crippen LogP contribution in [0.3, 0.4) is 0 Å². The quantitative estimate of drug-likeness (QED) is 0.768. The maximum atomic E-state index is 10.1. The fourth-order valence-electron chi connectivity index (χ4n) is 1.18. The van der Waals surface area contributed by atoms with Crippen LogP contribution >= 0.6 is 0 Å². The summed E-state index contributed by atoms with van der Waals surface area (Å²) in [7, 11) is 0. The van der Waals surface area contributed by atoms with Gasteiger partial charge in [0.1, 0.15) is 0 Å². The number of hydrogen-bond acceptors (Lipinski definition) is 3. The molecule has 0 aromatic carbocycles. The topological polar surface area (TPSA) is 59.1 Å². The van der Waals surface area contributed by atoms with Crippen LogP contribution in [0.1, 0.15) is 26.3 Å². The summed E-state index contributed by atoms with van der Waals surface area (Å²) in [5.74, 6) is 0.196. The normalized spacial score (nSPS) is 15.5. The lowest BCUT2D eigenvalue weighted by Crippen LogP contribution is -2.33. The fourth-order valence-corrected chi connectivity index (χ4v) is 1.18. The maximum absolute atomic E-state index is 10.1. The van der Waals surface area contributed by atoms with Crippen LogP contribution in [0, 0.1) is 5.92 Å². The Kier molecular flexibility index (Phi) is 3.11. The zero-order chi connectivity index (χ0) is 10.8. The number of rotatable bonds is 3. The first kappa shape index (κ1) is 11.0. The third kappa shape index (κ3) is 2.45. The van der Waals surface area contributed by atoms with E-state index in [1.807, 2.05) is 20.8 Å². The molecule has 0 aliphatic rings. The SMILES string of the molecule is CC(C)C(C)(O)Cc1cnccc1N. The minimum Gasteiger partial charge on any atom is -0.398 e. The summed E-state index contributed by atoms with van der Waals surface area (Å²) >= 11 is 0. The lowest BCUT2D eigenvalue weighted by atomic mass is 9.86. The molecule has 1 atom stereocenters. The molecule has 3 nitrogen and oxygen atoms in total. The molecule has 14 heavy (non-hydrogen) atoms. The molecule has 0 bridgehead atoms. The molecule has 3 N–H and O–H groups in total. The van der Waals surface area contributed by atoms with Gasteiger partial charge >= 0.3 is 0 Å². The van der Waals surface area contributed by atoms with Crippen LogP contribution in [0.4, 0.5) is 5.69 Å². The van der Waals surface area contributed by atoms with Crippen LogP contribution in [0.5, 0.6) is 0 Å². The number of aromatic nitrogens is 1. The molecule has 1 aromatic heterocycles. The Bertz CT molecular complexity index is 308. The molecule has 1 rings (SSSR count). The minimum absolute atomic E-state index is 0.196. The highest BCUT2D eigenvalue weighted by Gasteiger charge is 2.25. The van der Waals surface area contributed by atoms with Crippen molar-refractivity contribution in [3.63, 3.8) is 0 Å². The highest BCUT2D eigenvalue weighted by molar-refractivity contribution is 5.44. The van der Waals surface area contributed by atoms with Crippen molar-refractivity contribution in [3.8, 4) is 0 Å². The van der Waals surface area contributed by atoms with E-state index in [0.29, 0.717) is 12.1 Å². The maximum Gasteiger partial charge on any atom is 0.0684 e. The zero-order valence-corrected chi connectivity index (χ0v) is 8.99. The van der Waals surface area contributed by atoms with E-state index in [9.17, 15) is 5.11 Å². The van der Waals surface area contributed by atoms with Crippen molar-refractivity contribution >= 4 is 5.69 Å². The van der Waals surface area contributed by atoms with Crippen molar-refractivity contribution < 1.29 is 5.11 Å². The van der Waals surface area contributed by atoms with E-state index in [-0.39, 0.29) is 5.92 Å². The second-order valence-corrected chi connectivity index (χ2v) is 4.26. The van der Waals surface area contributed by atoms with Crippen molar-refractivity contribution in [3.05, 3.63) is 24.0 Å². The van der Waals surface area contributed by atoms with Crippen LogP contribution in [0.15, 0.2) is 18.5 Å². The van der Waals surface area contributed by atoms with Crippen molar-refractivity contribution in [2.24, 2.45) is 5.92 Å². The van der Waals surface area contributed by atoms with E-state index >= 15 is 0 Å². The number of anilines is 1. The smallest absolute Gasteiger partial charge is 0.0684 e. The molecule has 3 heteroatoms. The van der Waals surface area contributed by atoms with Gasteiger partial charge in [-0.25, -0.2) is 0 Å². The Labute approximate surface area is 85.0 Å². The first-order valence-electron chi connectivity index (χ1n) is 4.84. The summed E-state index contributed by atoms with van der Waals surface area (Å²) < 4.78 is 0. The number of aliphatic hydroxyl groups is 1. The minimum atomic E-state index is -0.725. The molecule has 0 fully saturated rings. The van der Waals surface area contributed by atoms with Crippen molar-refractivity contribution in [1.29, 1.82) is 0 Å². The monoisotopic (exact) mass is 194 g/mol. The second-order valence-electron chi connectivity index (χ2n) is 4.26. The van der Waals surface area contributed by atoms with Gasteiger partial charge in [-0.3, -0.25) is 4.98 Å². The summed E-state index contributed by atoms with van der Waals surface area (Å²) in [4.78, 5) is 4.00. The third-order valence-electron chi connectivity index (χ3n) is 2.73. The Balaban J connectivity index is 2.84. The first-order chi connectivity index (χ1) is 6.43. The van der Waals surface area contributed by atoms with Gasteiger partial charge in [0.25, 0.3) is 0 Å². The van der Waals surface area contributed by atoms with Crippen LogP contribution in [0.25, 0.3) is 0 Å². The van der Waals surface area contributed by atoms with E-state index in [0.717, 1.165) is 5.56 Å². The standard InChI is InChI=1S/C11H18N2O/c1-8(2)11(3,14)6-9-7-13-5-4-10(9)12/h4-5,7-8,14H,6H2,1-3H3,(H2,12,13). The largest absolute Gasteiger partial charge is 0.398 e. The summed E-state index contributed by atoms with van der Waals surface area (Å²) in [6.07, 6.45) is 3.92. The second kappa shape index (κ2) is 3.96. The lowest BCUT2D eigenvalue weighted by Gasteiger charge is -2.28. The van der Waals surface area contributed by atoms with E-state index in [1.165, 1.54) is 0 Å². The van der Waals surface area contributed by atoms with Crippen LogP contribution < -0.4 is 5.73 Å². The van der Waals surface area contributed by atoms with Gasteiger partial charge in [-0.1, -0.05) is 13.8 Å². The Hall–Kier alpha value is -1.09. The van der Waals surface area contributed by atoms with Crippen LogP contribution in [0.2, 0.25) is 0 Å². The first-order valence-corrected chi connectivity index (χ1v) is 4.84. The number of hydrogen-bond donors (Lipinski definition) is 2. The molecule has 1 unspecified atom stereocenters. The highest BCUT2D eigenvalue weighted by Crippen LogP contribution is 2.23. The Morgan fingerprint density at radius 1 is 1.57 bits per heavy atom. The average Bonchev–Trinajstić information content (AvgIpc) is 2.08. The number of nitrogen functional groups attached to an aromatic ring is 1. The van der Waals surface area contributed by atoms with Gasteiger partial charge in [0.2, 0.25) is 0 Å². The van der Waals surface area contributed by atoms with E-state index in [1.54, 1.807) is 18.5 Å². The summed E-state index contributed by atoms with van der Waals surface area (Å²) in [5, 5.41) is 10.1. The van der Waals surface area contributed by atoms with Crippen molar-refractivity contribution in [1.82, 2.24) is 4.98 Å². The summed E-state index contributed by atoms with van der Waals surface area (Å²) in [5.41, 5.74) is 6.66. The highest BCUT2D eigenvalue weighted by atomic mass is 16.3. The van der Waals surface area contributed by atoms with E-state index in [2.05, 4.69) is 4.98 Å². The Morgan fingerprint density at radius 2 is 2.21 bits per heavy atom. The number of nitrogens with zero attached hydrogens (tertiary/aromatic N) is 1. The average molecular weight is 194 g/mol. The molecule has 78 valence electrons. The number of pyridine rings is 1. The predicted octanol–water partition coefficient (Wildman–Crippen LogP) is 1.61. The molecule has 0 saturated carbocycles. The molecule has 0 spiro atoms. The van der Waals surface area contributed by atoms with E-state index in [4.69, 9.17) is 5.73 Å². The van der Waals surface area contributed by atoms with Crippen molar-refractivity contribution in [2.45, 2.75) is 32.8 Å². The third-order valence-corrected chi connectivity index (χ3v) is 2.73. The Morgan fingerprint density at radius 3 is 2.71 bits per heavy atom. The molecule has 1 heterocycles. The molecule has 0 radical (unpaired) electrons. The van der Waals surface area contributed by atoms with Gasteiger partial charge in [0, 0.05) is 24.5 Å². The fraction of sp³-hybridized carbons (Fsp3) is 0.545. The van der Waals surface area contributed by atoms with Gasteiger partial charge in [-0.15, -0.1) is 0 Å². The van der Waals surface area contributed by atoms with Gasteiger partial charge < -0.3 is 10.8 Å². The molecular weight excluding hydrogens is 176 g/mol. The van der Waals surface area contributed by atoms with Gasteiger partial charge in [0.15, 0.2) is 0 Å². The molecule has 0 aliphatic heterocycles. The van der Waals surface area contributed by atoms with Gasteiger partial charge in [0.05, 0.1) is 5.60 Å². The van der Waals surface area contributed by atoms with Crippen LogP contribution in [-0.4, -0.2) is 15.7 Å². The number of nitrogens with two attached hydrogens (primary N) is 1. The van der Waals surface area contributed by atoms with Gasteiger partial charge in [-0.05, 0) is 24.5 Å². The molecule has 0 amide bonds. The predicted molar refractivity (Wildman–Crippen MR) is 57.8 cm³/mol. The molecule has 0 saturated heterocycles. The van der Waals surface area contributed by atoms with Gasteiger partial charge in [-0.2, -0.15) is 0 Å². The molecule has 0 aliphatic carbocycles. The lowest BCUT2D eigenvalue weighted by molar-refractivity contribution is 0.0140.